The number of methoxy groups -OCH3 is 1. The number of carbonyl (C=O) groups excluding carboxylic acids is 1. The van der Waals surface area contributed by atoms with Crippen LogP contribution in [0.4, 0.5) is 0 Å². The van der Waals surface area contributed by atoms with Crippen LogP contribution < -0.4 is 15.8 Å². The number of furan rings is 1. The number of benzene rings is 1. The van der Waals surface area contributed by atoms with Crippen LogP contribution >= 0.6 is 0 Å². The van der Waals surface area contributed by atoms with E-state index in [1.807, 2.05) is 18.2 Å². The predicted octanol–water partition coefficient (Wildman–Crippen LogP) is 1.17. The Labute approximate surface area is 121 Å². The molecular weight excluding hydrogens is 270 g/mol. The van der Waals surface area contributed by atoms with Gasteiger partial charge < -0.3 is 14.9 Å². The molecule has 2 aromatic rings. The Bertz CT molecular complexity index is 677. The van der Waals surface area contributed by atoms with Crippen molar-refractivity contribution in [3.63, 3.8) is 0 Å². The average Bonchev–Trinajstić information content (AvgIpc) is 3.08. The molecule has 3 N–H and O–H groups in total. The second kappa shape index (κ2) is 4.97. The summed E-state index contributed by atoms with van der Waals surface area (Å²) in [5, 5.41) is 2.56. The molecular formula is C15H15N3O3. The molecule has 6 heteroatoms. The van der Waals surface area contributed by atoms with Crippen molar-refractivity contribution in [1.29, 1.82) is 0 Å². The van der Waals surface area contributed by atoms with Gasteiger partial charge in [0.15, 0.2) is 11.5 Å². The monoisotopic (exact) mass is 285 g/mol. The molecule has 1 aliphatic rings. The summed E-state index contributed by atoms with van der Waals surface area (Å²) in [6.45, 7) is 0. The highest BCUT2D eigenvalue weighted by Gasteiger charge is 2.45. The van der Waals surface area contributed by atoms with Crippen molar-refractivity contribution < 1.29 is 13.9 Å². The van der Waals surface area contributed by atoms with Gasteiger partial charge in [0.05, 0.1) is 13.4 Å². The van der Waals surface area contributed by atoms with Crippen molar-refractivity contribution in [2.24, 2.45) is 10.7 Å². The quantitative estimate of drug-likeness (QED) is 0.882. The summed E-state index contributed by atoms with van der Waals surface area (Å²) in [6, 6.07) is 10.8. The Morgan fingerprint density at radius 3 is 2.62 bits per heavy atom. The molecule has 2 heterocycles. The summed E-state index contributed by atoms with van der Waals surface area (Å²) in [5.74, 6) is 1.23. The number of rotatable bonds is 4. The molecule has 1 aromatic heterocycles. The maximum atomic E-state index is 12.4. The highest BCUT2D eigenvalue weighted by atomic mass is 16.5. The van der Waals surface area contributed by atoms with Crippen LogP contribution in [0.2, 0.25) is 0 Å². The number of nitrogens with two attached hydrogens (primary N) is 1. The third kappa shape index (κ3) is 2.24. The van der Waals surface area contributed by atoms with Crippen LogP contribution in [0.1, 0.15) is 11.3 Å². The lowest BCUT2D eigenvalue weighted by atomic mass is 9.86. The largest absolute Gasteiger partial charge is 0.497 e. The van der Waals surface area contributed by atoms with Crippen molar-refractivity contribution in [3.8, 4) is 5.75 Å². The third-order valence-electron chi connectivity index (χ3n) is 3.51. The zero-order chi connectivity index (χ0) is 14.9. The summed E-state index contributed by atoms with van der Waals surface area (Å²) in [5.41, 5.74) is 5.32. The molecule has 0 saturated carbocycles. The van der Waals surface area contributed by atoms with Gasteiger partial charge in [-0.2, -0.15) is 0 Å². The van der Waals surface area contributed by atoms with Crippen molar-refractivity contribution in [2.45, 2.75) is 12.0 Å². The van der Waals surface area contributed by atoms with Crippen molar-refractivity contribution in [2.75, 3.05) is 7.11 Å². The van der Waals surface area contributed by atoms with Gasteiger partial charge in [-0.25, -0.2) is 4.99 Å². The first-order valence-electron chi connectivity index (χ1n) is 6.48. The lowest BCUT2D eigenvalue weighted by Gasteiger charge is -2.23. The maximum Gasteiger partial charge on any atom is 0.259 e. The van der Waals surface area contributed by atoms with E-state index in [9.17, 15) is 4.79 Å². The SMILES string of the molecule is COc1ccc([C@]2(Cc3ccco3)N=C(N)NC2=O)cc1. The normalized spacial score (nSPS) is 21.0. The van der Waals surface area contributed by atoms with Gasteiger partial charge in [0, 0.05) is 6.42 Å². The van der Waals surface area contributed by atoms with Gasteiger partial charge in [-0.3, -0.25) is 10.1 Å². The number of aliphatic imine (C=N–C) groups is 1. The Kier molecular flexibility index (Phi) is 3.13. The van der Waals surface area contributed by atoms with Crippen LogP contribution in [0.15, 0.2) is 52.1 Å². The van der Waals surface area contributed by atoms with Gasteiger partial charge in [0.2, 0.25) is 0 Å². The predicted molar refractivity (Wildman–Crippen MR) is 76.8 cm³/mol. The van der Waals surface area contributed by atoms with Crippen molar-refractivity contribution in [1.82, 2.24) is 5.32 Å². The molecule has 1 aliphatic heterocycles. The molecule has 1 amide bonds. The molecule has 0 unspecified atom stereocenters. The molecule has 1 aromatic carbocycles. The Morgan fingerprint density at radius 1 is 1.33 bits per heavy atom. The Hall–Kier alpha value is -2.76. The van der Waals surface area contributed by atoms with Crippen LogP contribution in [-0.2, 0) is 16.8 Å². The molecule has 3 rings (SSSR count). The fourth-order valence-electron chi connectivity index (χ4n) is 2.45. The van der Waals surface area contributed by atoms with Crippen molar-refractivity contribution in [3.05, 3.63) is 54.0 Å². The fraction of sp³-hybridized carbons (Fsp3) is 0.200. The van der Waals surface area contributed by atoms with Gasteiger partial charge in [-0.1, -0.05) is 12.1 Å². The van der Waals surface area contributed by atoms with E-state index >= 15 is 0 Å². The second-order valence-corrected chi connectivity index (χ2v) is 4.80. The summed E-state index contributed by atoms with van der Waals surface area (Å²) < 4.78 is 10.5. The van der Waals surface area contributed by atoms with E-state index in [1.54, 1.807) is 31.6 Å². The smallest absolute Gasteiger partial charge is 0.259 e. The van der Waals surface area contributed by atoms with Crippen LogP contribution in [-0.4, -0.2) is 19.0 Å². The number of nitrogens with zero attached hydrogens (tertiary/aromatic N) is 1. The molecule has 0 saturated heterocycles. The zero-order valence-electron chi connectivity index (χ0n) is 11.5. The summed E-state index contributed by atoms with van der Waals surface area (Å²) in [6.07, 6.45) is 1.87. The maximum absolute atomic E-state index is 12.4. The first-order valence-corrected chi connectivity index (χ1v) is 6.48. The summed E-state index contributed by atoms with van der Waals surface area (Å²) in [4.78, 5) is 16.7. The molecule has 0 aliphatic carbocycles. The van der Waals surface area contributed by atoms with Gasteiger partial charge >= 0.3 is 0 Å². The van der Waals surface area contributed by atoms with Gasteiger partial charge in [-0.15, -0.1) is 0 Å². The number of amides is 1. The van der Waals surface area contributed by atoms with Crippen LogP contribution in [0.3, 0.4) is 0 Å². The molecule has 21 heavy (non-hydrogen) atoms. The average molecular weight is 285 g/mol. The highest BCUT2D eigenvalue weighted by molar-refractivity contribution is 6.07. The molecule has 6 nitrogen and oxygen atoms in total. The van der Waals surface area contributed by atoms with Crippen molar-refractivity contribution >= 4 is 11.9 Å². The number of ether oxygens (including phenoxy) is 1. The zero-order valence-corrected chi connectivity index (χ0v) is 11.5. The summed E-state index contributed by atoms with van der Waals surface area (Å²) >= 11 is 0. The number of nitrogens with one attached hydrogen (secondary N) is 1. The molecule has 0 fully saturated rings. The third-order valence-corrected chi connectivity index (χ3v) is 3.51. The fourth-order valence-corrected chi connectivity index (χ4v) is 2.45. The van der Waals surface area contributed by atoms with E-state index in [4.69, 9.17) is 14.9 Å². The van der Waals surface area contributed by atoms with Gasteiger partial charge in [-0.05, 0) is 29.8 Å². The Balaban J connectivity index is 2.05. The molecule has 1 atom stereocenters. The van der Waals surface area contributed by atoms with Crippen LogP contribution in [0.25, 0.3) is 0 Å². The number of guanidine groups is 1. The minimum Gasteiger partial charge on any atom is -0.497 e. The lowest BCUT2D eigenvalue weighted by Crippen LogP contribution is -2.40. The van der Waals surface area contributed by atoms with E-state index < -0.39 is 5.54 Å². The number of hydrogen-bond acceptors (Lipinski definition) is 5. The Morgan fingerprint density at radius 2 is 2.10 bits per heavy atom. The van der Waals surface area contributed by atoms with E-state index in [1.165, 1.54) is 0 Å². The number of hydrogen-bond donors (Lipinski definition) is 2. The molecule has 0 spiro atoms. The first-order chi connectivity index (χ1) is 10.1. The van der Waals surface area contributed by atoms with E-state index in [2.05, 4.69) is 10.3 Å². The molecule has 108 valence electrons. The van der Waals surface area contributed by atoms with Crippen LogP contribution in [0.5, 0.6) is 5.75 Å². The number of carbonyl (C=O) groups is 1. The minimum atomic E-state index is -1.10. The summed E-state index contributed by atoms with van der Waals surface area (Å²) in [7, 11) is 1.59. The van der Waals surface area contributed by atoms with E-state index in [-0.39, 0.29) is 11.9 Å². The standard InChI is InChI=1S/C15H15N3O3/c1-20-11-6-4-10(5-7-11)15(9-12-3-2-8-21-12)13(19)17-14(16)18-15/h2-8H,9H2,1H3,(H3,16,17,18,19)/t15-/m0/s1. The minimum absolute atomic E-state index is 0.113. The van der Waals surface area contributed by atoms with E-state index in [0.717, 1.165) is 5.56 Å². The first kappa shape index (κ1) is 13.2. The topological polar surface area (TPSA) is 89.8 Å². The van der Waals surface area contributed by atoms with E-state index in [0.29, 0.717) is 17.9 Å². The highest BCUT2D eigenvalue weighted by Crippen LogP contribution is 2.34. The molecule has 0 bridgehead atoms. The van der Waals surface area contributed by atoms with Crippen LogP contribution in [0, 0.1) is 0 Å². The van der Waals surface area contributed by atoms with Gasteiger partial charge in [0.1, 0.15) is 11.5 Å². The lowest BCUT2D eigenvalue weighted by molar-refractivity contribution is -0.124. The second-order valence-electron chi connectivity index (χ2n) is 4.80. The van der Waals surface area contributed by atoms with Gasteiger partial charge in [0.25, 0.3) is 5.91 Å². The molecule has 0 radical (unpaired) electrons.